The minimum Gasteiger partial charge on any atom is -0.497 e. The highest BCUT2D eigenvalue weighted by Crippen LogP contribution is 2.15. The highest BCUT2D eigenvalue weighted by Gasteiger charge is 2.09. The van der Waals surface area contributed by atoms with Crippen LogP contribution in [-0.2, 0) is 6.54 Å². The van der Waals surface area contributed by atoms with E-state index in [2.05, 4.69) is 11.4 Å². The maximum atomic E-state index is 9.28. The number of hydrogen-bond acceptors (Lipinski definition) is 3. The molecule has 0 aliphatic heterocycles. The second-order valence-electron chi connectivity index (χ2n) is 4.70. The first-order valence-electron chi connectivity index (χ1n) is 6.55. The summed E-state index contributed by atoms with van der Waals surface area (Å²) < 4.78 is 5.12. The van der Waals surface area contributed by atoms with Gasteiger partial charge in [-0.25, -0.2) is 0 Å². The molecule has 0 aliphatic carbocycles. The fraction of sp³-hybridized carbons (Fsp3) is 0.235. The van der Waals surface area contributed by atoms with Crippen LogP contribution in [0.1, 0.15) is 22.7 Å². The topological polar surface area (TPSA) is 45.0 Å². The standard InChI is InChI=1S/C17H18N2O/c1-13-3-7-15(8-4-13)17(11-18)19-12-14-5-9-16(20-2)10-6-14/h3-10,17,19H,12H2,1-2H3. The lowest BCUT2D eigenvalue weighted by atomic mass is 10.1. The zero-order valence-electron chi connectivity index (χ0n) is 11.8. The van der Waals surface area contributed by atoms with E-state index in [1.165, 1.54) is 5.56 Å². The Labute approximate surface area is 119 Å². The van der Waals surface area contributed by atoms with Gasteiger partial charge in [-0.05, 0) is 30.2 Å². The summed E-state index contributed by atoms with van der Waals surface area (Å²) in [6.07, 6.45) is 0. The average Bonchev–Trinajstić information content (AvgIpc) is 2.50. The molecule has 20 heavy (non-hydrogen) atoms. The van der Waals surface area contributed by atoms with Crippen molar-refractivity contribution in [2.24, 2.45) is 0 Å². The molecule has 0 aromatic heterocycles. The van der Waals surface area contributed by atoms with E-state index in [1.54, 1.807) is 7.11 Å². The molecule has 2 aromatic rings. The molecule has 2 rings (SSSR count). The molecule has 0 fully saturated rings. The number of nitrogens with one attached hydrogen (secondary N) is 1. The number of benzene rings is 2. The maximum Gasteiger partial charge on any atom is 0.121 e. The second-order valence-corrected chi connectivity index (χ2v) is 4.70. The Morgan fingerprint density at radius 3 is 2.30 bits per heavy atom. The van der Waals surface area contributed by atoms with Crippen molar-refractivity contribution in [2.45, 2.75) is 19.5 Å². The summed E-state index contributed by atoms with van der Waals surface area (Å²) in [7, 11) is 1.65. The van der Waals surface area contributed by atoms with E-state index in [9.17, 15) is 5.26 Å². The van der Waals surface area contributed by atoms with Gasteiger partial charge in [-0.2, -0.15) is 5.26 Å². The summed E-state index contributed by atoms with van der Waals surface area (Å²) in [6.45, 7) is 2.69. The molecule has 0 saturated heterocycles. The van der Waals surface area contributed by atoms with Gasteiger partial charge in [0.1, 0.15) is 11.8 Å². The van der Waals surface area contributed by atoms with Crippen molar-refractivity contribution in [1.29, 1.82) is 5.26 Å². The van der Waals surface area contributed by atoms with Gasteiger partial charge in [0.15, 0.2) is 0 Å². The largest absolute Gasteiger partial charge is 0.497 e. The van der Waals surface area contributed by atoms with Gasteiger partial charge in [-0.3, -0.25) is 5.32 Å². The number of ether oxygens (including phenoxy) is 1. The Kier molecular flexibility index (Phi) is 4.75. The van der Waals surface area contributed by atoms with Crippen LogP contribution in [0.3, 0.4) is 0 Å². The molecule has 0 radical (unpaired) electrons. The summed E-state index contributed by atoms with van der Waals surface area (Å²) >= 11 is 0. The Hall–Kier alpha value is -2.31. The van der Waals surface area contributed by atoms with E-state index >= 15 is 0 Å². The molecule has 2 aromatic carbocycles. The van der Waals surface area contributed by atoms with Crippen molar-refractivity contribution in [3.05, 3.63) is 65.2 Å². The van der Waals surface area contributed by atoms with Crippen molar-refractivity contribution in [3.63, 3.8) is 0 Å². The van der Waals surface area contributed by atoms with Gasteiger partial charge in [0.05, 0.1) is 13.2 Å². The quantitative estimate of drug-likeness (QED) is 0.902. The first-order chi connectivity index (χ1) is 9.72. The van der Waals surface area contributed by atoms with Crippen molar-refractivity contribution in [1.82, 2.24) is 5.32 Å². The normalized spacial score (nSPS) is 11.7. The van der Waals surface area contributed by atoms with Gasteiger partial charge >= 0.3 is 0 Å². The SMILES string of the molecule is COc1ccc(CNC(C#N)c2ccc(C)cc2)cc1. The number of nitriles is 1. The zero-order chi connectivity index (χ0) is 14.4. The zero-order valence-corrected chi connectivity index (χ0v) is 11.8. The predicted octanol–water partition coefficient (Wildman–Crippen LogP) is 3.36. The van der Waals surface area contributed by atoms with E-state index < -0.39 is 0 Å². The second kappa shape index (κ2) is 6.74. The van der Waals surface area contributed by atoms with E-state index in [4.69, 9.17) is 4.74 Å². The lowest BCUT2D eigenvalue weighted by Gasteiger charge is -2.12. The Morgan fingerprint density at radius 1 is 1.10 bits per heavy atom. The Balaban J connectivity index is 2.00. The third kappa shape index (κ3) is 3.59. The molecule has 0 saturated carbocycles. The van der Waals surface area contributed by atoms with Crippen LogP contribution in [0.15, 0.2) is 48.5 Å². The predicted molar refractivity (Wildman–Crippen MR) is 79.4 cm³/mol. The number of rotatable bonds is 5. The van der Waals surface area contributed by atoms with Gasteiger partial charge in [-0.15, -0.1) is 0 Å². The van der Waals surface area contributed by atoms with E-state index in [0.29, 0.717) is 6.54 Å². The monoisotopic (exact) mass is 266 g/mol. The summed E-state index contributed by atoms with van der Waals surface area (Å²) in [4.78, 5) is 0. The van der Waals surface area contributed by atoms with Gasteiger partial charge in [0, 0.05) is 6.54 Å². The van der Waals surface area contributed by atoms with Gasteiger partial charge in [0.25, 0.3) is 0 Å². The first-order valence-corrected chi connectivity index (χ1v) is 6.55. The van der Waals surface area contributed by atoms with Crippen molar-refractivity contribution in [3.8, 4) is 11.8 Å². The van der Waals surface area contributed by atoms with Crippen molar-refractivity contribution in [2.75, 3.05) is 7.11 Å². The average molecular weight is 266 g/mol. The lowest BCUT2D eigenvalue weighted by molar-refractivity contribution is 0.414. The molecule has 0 aliphatic rings. The van der Waals surface area contributed by atoms with Crippen LogP contribution >= 0.6 is 0 Å². The van der Waals surface area contributed by atoms with E-state index in [0.717, 1.165) is 16.9 Å². The fourth-order valence-electron chi connectivity index (χ4n) is 1.96. The van der Waals surface area contributed by atoms with Crippen LogP contribution in [0.2, 0.25) is 0 Å². The molecule has 0 heterocycles. The van der Waals surface area contributed by atoms with Gasteiger partial charge in [0.2, 0.25) is 0 Å². The minimum atomic E-state index is -0.294. The Bertz CT molecular complexity index is 582. The summed E-state index contributed by atoms with van der Waals surface area (Å²) in [5.41, 5.74) is 3.31. The number of aryl methyl sites for hydroxylation is 1. The molecule has 1 N–H and O–H groups in total. The smallest absolute Gasteiger partial charge is 0.121 e. The molecule has 3 nitrogen and oxygen atoms in total. The van der Waals surface area contributed by atoms with Crippen LogP contribution in [0.5, 0.6) is 5.75 Å². The van der Waals surface area contributed by atoms with Crippen LogP contribution in [0, 0.1) is 18.3 Å². The molecule has 0 bridgehead atoms. The van der Waals surface area contributed by atoms with Gasteiger partial charge < -0.3 is 4.74 Å². The molecule has 0 spiro atoms. The Morgan fingerprint density at radius 2 is 1.75 bits per heavy atom. The number of nitrogens with zero attached hydrogens (tertiary/aromatic N) is 1. The van der Waals surface area contributed by atoms with E-state index in [-0.39, 0.29) is 6.04 Å². The van der Waals surface area contributed by atoms with Gasteiger partial charge in [-0.1, -0.05) is 42.0 Å². The lowest BCUT2D eigenvalue weighted by Crippen LogP contribution is -2.19. The summed E-state index contributed by atoms with van der Waals surface area (Å²) in [5.74, 6) is 0.837. The third-order valence-electron chi connectivity index (χ3n) is 3.21. The minimum absolute atomic E-state index is 0.294. The maximum absolute atomic E-state index is 9.28. The molecular weight excluding hydrogens is 248 g/mol. The van der Waals surface area contributed by atoms with Crippen molar-refractivity contribution >= 4 is 0 Å². The fourth-order valence-corrected chi connectivity index (χ4v) is 1.96. The molecule has 1 atom stereocenters. The van der Waals surface area contributed by atoms with E-state index in [1.807, 2.05) is 55.5 Å². The molecule has 1 unspecified atom stereocenters. The summed E-state index contributed by atoms with van der Waals surface area (Å²) in [5, 5.41) is 12.5. The highest BCUT2D eigenvalue weighted by molar-refractivity contribution is 5.29. The summed E-state index contributed by atoms with van der Waals surface area (Å²) in [6, 6.07) is 17.9. The number of hydrogen-bond donors (Lipinski definition) is 1. The molecular formula is C17H18N2O. The highest BCUT2D eigenvalue weighted by atomic mass is 16.5. The van der Waals surface area contributed by atoms with Crippen molar-refractivity contribution < 1.29 is 4.74 Å². The first kappa shape index (κ1) is 14.1. The van der Waals surface area contributed by atoms with Crippen LogP contribution < -0.4 is 10.1 Å². The van der Waals surface area contributed by atoms with Crippen LogP contribution in [0.4, 0.5) is 0 Å². The molecule has 3 heteroatoms. The molecule has 102 valence electrons. The third-order valence-corrected chi connectivity index (χ3v) is 3.21. The van der Waals surface area contributed by atoms with Crippen LogP contribution in [-0.4, -0.2) is 7.11 Å². The number of methoxy groups -OCH3 is 1. The molecule has 0 amide bonds. The van der Waals surface area contributed by atoms with Crippen LogP contribution in [0.25, 0.3) is 0 Å².